The average molecular weight is 297 g/mol. The smallest absolute Gasteiger partial charge is 0.224 e. The number of benzene rings is 1. The standard InChI is InChI=1S/C16H21F2NO2/c17-14-4-1-5-15(18)13(14)7-6-12-3-2-9-19(11-12)16(21)8-10-20/h1,4-5,12,20H,2-3,6-11H2/t12-/m0/s1. The van der Waals surface area contributed by atoms with E-state index in [-0.39, 0.29) is 30.4 Å². The van der Waals surface area contributed by atoms with E-state index < -0.39 is 11.6 Å². The first kappa shape index (κ1) is 15.9. The topological polar surface area (TPSA) is 40.5 Å². The lowest BCUT2D eigenvalue weighted by Crippen LogP contribution is -2.40. The van der Waals surface area contributed by atoms with Crippen LogP contribution in [0.4, 0.5) is 8.78 Å². The van der Waals surface area contributed by atoms with Gasteiger partial charge in [-0.15, -0.1) is 0 Å². The number of hydrogen-bond donors (Lipinski definition) is 1. The van der Waals surface area contributed by atoms with Gasteiger partial charge in [0.2, 0.25) is 5.91 Å². The van der Waals surface area contributed by atoms with Gasteiger partial charge < -0.3 is 10.0 Å². The monoisotopic (exact) mass is 297 g/mol. The van der Waals surface area contributed by atoms with E-state index in [9.17, 15) is 13.6 Å². The number of rotatable bonds is 5. The van der Waals surface area contributed by atoms with Crippen molar-refractivity contribution in [3.05, 3.63) is 35.4 Å². The molecule has 1 aliphatic rings. The second-order valence-corrected chi connectivity index (χ2v) is 5.56. The number of aliphatic hydroxyl groups excluding tert-OH is 1. The van der Waals surface area contributed by atoms with Crippen LogP contribution < -0.4 is 0 Å². The molecule has 5 heteroatoms. The molecule has 3 nitrogen and oxygen atoms in total. The zero-order chi connectivity index (χ0) is 15.2. The lowest BCUT2D eigenvalue weighted by molar-refractivity contribution is -0.133. The highest BCUT2D eigenvalue weighted by Crippen LogP contribution is 2.23. The molecule has 1 N–H and O–H groups in total. The van der Waals surface area contributed by atoms with Gasteiger partial charge in [-0.1, -0.05) is 6.07 Å². The van der Waals surface area contributed by atoms with Crippen LogP contribution in [0.1, 0.15) is 31.2 Å². The van der Waals surface area contributed by atoms with Crippen LogP contribution in [0.15, 0.2) is 18.2 Å². The first-order valence-corrected chi connectivity index (χ1v) is 7.43. The van der Waals surface area contributed by atoms with Crippen LogP contribution >= 0.6 is 0 Å². The molecule has 0 aliphatic carbocycles. The van der Waals surface area contributed by atoms with Crippen LogP contribution in [0.5, 0.6) is 0 Å². The van der Waals surface area contributed by atoms with Crippen molar-refractivity contribution in [1.29, 1.82) is 0 Å². The van der Waals surface area contributed by atoms with Crippen LogP contribution in [0.2, 0.25) is 0 Å². The molecule has 116 valence electrons. The molecule has 0 spiro atoms. The highest BCUT2D eigenvalue weighted by molar-refractivity contribution is 5.76. The van der Waals surface area contributed by atoms with Gasteiger partial charge in [0, 0.05) is 25.1 Å². The summed E-state index contributed by atoms with van der Waals surface area (Å²) in [5.74, 6) is -0.780. The molecule has 2 rings (SSSR count). The minimum atomic E-state index is -0.501. The van der Waals surface area contributed by atoms with E-state index in [0.717, 1.165) is 12.8 Å². The van der Waals surface area contributed by atoms with Crippen LogP contribution in [0.3, 0.4) is 0 Å². The fraction of sp³-hybridized carbons (Fsp3) is 0.562. The van der Waals surface area contributed by atoms with Crippen molar-refractivity contribution in [3.63, 3.8) is 0 Å². The van der Waals surface area contributed by atoms with Crippen molar-refractivity contribution >= 4 is 5.91 Å². The molecule has 1 amide bonds. The molecule has 0 bridgehead atoms. The van der Waals surface area contributed by atoms with Crippen molar-refractivity contribution in [2.45, 2.75) is 32.1 Å². The molecule has 0 unspecified atom stereocenters. The minimum absolute atomic E-state index is 0.0423. The van der Waals surface area contributed by atoms with Gasteiger partial charge >= 0.3 is 0 Å². The maximum Gasteiger partial charge on any atom is 0.224 e. The van der Waals surface area contributed by atoms with Crippen LogP contribution in [-0.2, 0) is 11.2 Å². The number of carbonyl (C=O) groups is 1. The Balaban J connectivity index is 1.90. The summed E-state index contributed by atoms with van der Waals surface area (Å²) in [7, 11) is 0. The Morgan fingerprint density at radius 3 is 2.71 bits per heavy atom. The van der Waals surface area contributed by atoms with E-state index in [0.29, 0.717) is 25.9 Å². The largest absolute Gasteiger partial charge is 0.396 e. The Morgan fingerprint density at radius 2 is 2.05 bits per heavy atom. The van der Waals surface area contributed by atoms with Crippen molar-refractivity contribution in [2.75, 3.05) is 19.7 Å². The van der Waals surface area contributed by atoms with Crippen LogP contribution in [0.25, 0.3) is 0 Å². The number of likely N-dealkylation sites (tertiary alicyclic amines) is 1. The summed E-state index contributed by atoms with van der Waals surface area (Å²) in [6.45, 7) is 1.19. The molecule has 0 saturated carbocycles. The maximum absolute atomic E-state index is 13.6. The number of aliphatic hydroxyl groups is 1. The summed E-state index contributed by atoms with van der Waals surface area (Å²) in [4.78, 5) is 13.5. The highest BCUT2D eigenvalue weighted by atomic mass is 19.1. The van der Waals surface area contributed by atoms with Crippen LogP contribution in [-0.4, -0.2) is 35.6 Å². The lowest BCUT2D eigenvalue weighted by Gasteiger charge is -2.33. The molecule has 1 aliphatic heterocycles. The van der Waals surface area contributed by atoms with Gasteiger partial charge in [0.15, 0.2) is 0 Å². The fourth-order valence-electron chi connectivity index (χ4n) is 2.90. The van der Waals surface area contributed by atoms with Crippen molar-refractivity contribution in [1.82, 2.24) is 4.90 Å². The molecule has 1 fully saturated rings. The van der Waals surface area contributed by atoms with Crippen molar-refractivity contribution in [2.24, 2.45) is 5.92 Å². The summed E-state index contributed by atoms with van der Waals surface area (Å²) in [6, 6.07) is 3.91. The zero-order valence-corrected chi connectivity index (χ0v) is 12.0. The summed E-state index contributed by atoms with van der Waals surface area (Å²) in [5.41, 5.74) is 0.135. The molecular weight excluding hydrogens is 276 g/mol. The number of amides is 1. The van der Waals surface area contributed by atoms with Crippen LogP contribution in [0, 0.1) is 17.6 Å². The van der Waals surface area contributed by atoms with Gasteiger partial charge in [-0.05, 0) is 43.7 Å². The molecule has 0 radical (unpaired) electrons. The van der Waals surface area contributed by atoms with E-state index in [4.69, 9.17) is 5.11 Å². The normalized spacial score (nSPS) is 18.8. The number of carbonyl (C=O) groups excluding carboxylic acids is 1. The predicted octanol–water partition coefficient (Wildman–Crippen LogP) is 2.52. The molecule has 0 aromatic heterocycles. The lowest BCUT2D eigenvalue weighted by atomic mass is 9.91. The third-order valence-electron chi connectivity index (χ3n) is 4.06. The zero-order valence-electron chi connectivity index (χ0n) is 12.0. The second kappa shape index (κ2) is 7.50. The Bertz CT molecular complexity index is 473. The number of nitrogens with zero attached hydrogens (tertiary/aromatic N) is 1. The average Bonchev–Trinajstić information content (AvgIpc) is 2.47. The van der Waals surface area contributed by atoms with Gasteiger partial charge in [-0.2, -0.15) is 0 Å². The SMILES string of the molecule is O=C(CCO)N1CCC[C@@H](CCc2c(F)cccc2F)C1. The predicted molar refractivity (Wildman–Crippen MR) is 75.7 cm³/mol. The Labute approximate surface area is 123 Å². The molecule has 1 aromatic carbocycles. The molecular formula is C16H21F2NO2. The van der Waals surface area contributed by atoms with Crippen molar-refractivity contribution in [3.8, 4) is 0 Å². The van der Waals surface area contributed by atoms with Gasteiger partial charge in [-0.25, -0.2) is 8.78 Å². The quantitative estimate of drug-likeness (QED) is 0.907. The highest BCUT2D eigenvalue weighted by Gasteiger charge is 2.23. The third-order valence-corrected chi connectivity index (χ3v) is 4.06. The molecule has 21 heavy (non-hydrogen) atoms. The van der Waals surface area contributed by atoms with E-state index in [2.05, 4.69) is 0 Å². The van der Waals surface area contributed by atoms with E-state index >= 15 is 0 Å². The summed E-state index contributed by atoms with van der Waals surface area (Å²) >= 11 is 0. The molecule has 1 atom stereocenters. The number of hydrogen-bond acceptors (Lipinski definition) is 2. The maximum atomic E-state index is 13.6. The van der Waals surface area contributed by atoms with Gasteiger partial charge in [0.1, 0.15) is 11.6 Å². The number of halogens is 2. The molecule has 1 heterocycles. The van der Waals surface area contributed by atoms with E-state index in [1.807, 2.05) is 0 Å². The summed E-state index contributed by atoms with van der Waals surface area (Å²) in [5, 5.41) is 8.82. The number of piperidine rings is 1. The summed E-state index contributed by atoms with van der Waals surface area (Å²) in [6.07, 6.45) is 3.04. The Kier molecular flexibility index (Phi) is 5.67. The first-order chi connectivity index (χ1) is 10.1. The fourth-order valence-corrected chi connectivity index (χ4v) is 2.90. The minimum Gasteiger partial charge on any atom is -0.396 e. The van der Waals surface area contributed by atoms with Gasteiger partial charge in [-0.3, -0.25) is 4.79 Å². The van der Waals surface area contributed by atoms with E-state index in [1.165, 1.54) is 18.2 Å². The molecule has 1 aromatic rings. The third kappa shape index (κ3) is 4.24. The van der Waals surface area contributed by atoms with Gasteiger partial charge in [0.05, 0.1) is 6.61 Å². The first-order valence-electron chi connectivity index (χ1n) is 7.43. The summed E-state index contributed by atoms with van der Waals surface area (Å²) < 4.78 is 27.2. The Morgan fingerprint density at radius 1 is 1.33 bits per heavy atom. The van der Waals surface area contributed by atoms with Crippen molar-refractivity contribution < 1.29 is 18.7 Å². The second-order valence-electron chi connectivity index (χ2n) is 5.56. The molecule has 1 saturated heterocycles. The van der Waals surface area contributed by atoms with Gasteiger partial charge in [0.25, 0.3) is 0 Å². The Hall–Kier alpha value is -1.49. The van der Waals surface area contributed by atoms with E-state index in [1.54, 1.807) is 4.90 Å².